The maximum atomic E-state index is 5.93. The summed E-state index contributed by atoms with van der Waals surface area (Å²) in [6.07, 6.45) is 4.58. The fourth-order valence-corrected chi connectivity index (χ4v) is 2.59. The Morgan fingerprint density at radius 3 is 2.71 bits per heavy atom. The Hall–Kier alpha value is -1.20. The summed E-state index contributed by atoms with van der Waals surface area (Å²) in [5, 5.41) is 3.42. The average Bonchev–Trinajstić information content (AvgIpc) is 3.28. The largest absolute Gasteiger partial charge is 0.475 e. The predicted molar refractivity (Wildman–Crippen MR) is 80.9 cm³/mol. The number of rotatable bonds is 6. The Bertz CT molecular complexity index is 487. The minimum atomic E-state index is 0.238. The summed E-state index contributed by atoms with van der Waals surface area (Å²) in [7, 11) is 0. The minimum absolute atomic E-state index is 0.238. The molecule has 0 radical (unpaired) electrons. The highest BCUT2D eigenvalue weighted by Crippen LogP contribution is 2.39. The highest BCUT2D eigenvalue weighted by Gasteiger charge is 2.29. The summed E-state index contributed by atoms with van der Waals surface area (Å²) < 4.78 is 11.5. The number of hydrogen-bond acceptors (Lipinski definition) is 5. The molecule has 2 aliphatic rings. The van der Waals surface area contributed by atoms with Crippen LogP contribution in [0.25, 0.3) is 0 Å². The van der Waals surface area contributed by atoms with Gasteiger partial charge in [0, 0.05) is 24.4 Å². The third kappa shape index (κ3) is 3.92. The van der Waals surface area contributed by atoms with E-state index in [4.69, 9.17) is 14.5 Å². The lowest BCUT2D eigenvalue weighted by molar-refractivity contribution is 0.0539. The minimum Gasteiger partial charge on any atom is -0.475 e. The molecule has 2 heterocycles. The molecule has 0 saturated heterocycles. The zero-order valence-electron chi connectivity index (χ0n) is 13.0. The third-order valence-electron chi connectivity index (χ3n) is 3.88. The molecule has 0 aromatic carbocycles. The monoisotopic (exact) mass is 291 g/mol. The summed E-state index contributed by atoms with van der Waals surface area (Å²) in [4.78, 5) is 9.48. The van der Waals surface area contributed by atoms with Crippen molar-refractivity contribution in [2.45, 2.75) is 51.6 Å². The predicted octanol–water partition coefficient (Wildman–Crippen LogP) is 1.85. The van der Waals surface area contributed by atoms with E-state index in [1.165, 1.54) is 24.1 Å². The Kier molecular flexibility index (Phi) is 4.70. The van der Waals surface area contributed by atoms with Gasteiger partial charge in [0.1, 0.15) is 12.4 Å². The SMILES string of the molecule is CC(C)OCCOc1nc(C2CC2)nc2c1CCNCC2. The van der Waals surface area contributed by atoms with Crippen molar-refractivity contribution in [3.05, 3.63) is 17.1 Å². The molecule has 1 fully saturated rings. The fourth-order valence-electron chi connectivity index (χ4n) is 2.59. The van der Waals surface area contributed by atoms with Crippen molar-refractivity contribution >= 4 is 0 Å². The van der Waals surface area contributed by atoms with Crippen molar-refractivity contribution in [2.75, 3.05) is 26.3 Å². The second-order valence-corrected chi connectivity index (χ2v) is 6.10. The first kappa shape index (κ1) is 14.7. The van der Waals surface area contributed by atoms with Crippen LogP contribution in [0.5, 0.6) is 5.88 Å². The highest BCUT2D eigenvalue weighted by atomic mass is 16.5. The molecule has 1 N–H and O–H groups in total. The molecule has 116 valence electrons. The topological polar surface area (TPSA) is 56.3 Å². The van der Waals surface area contributed by atoms with Gasteiger partial charge in [0.2, 0.25) is 5.88 Å². The zero-order chi connectivity index (χ0) is 14.7. The maximum Gasteiger partial charge on any atom is 0.220 e. The van der Waals surface area contributed by atoms with Crippen LogP contribution >= 0.6 is 0 Å². The van der Waals surface area contributed by atoms with Crippen molar-refractivity contribution in [3.63, 3.8) is 0 Å². The van der Waals surface area contributed by atoms with Crippen LogP contribution in [0.4, 0.5) is 0 Å². The molecule has 0 atom stereocenters. The van der Waals surface area contributed by atoms with Crippen LogP contribution in [0.1, 0.15) is 49.7 Å². The standard InChI is InChI=1S/C16H25N3O2/c1-11(2)20-9-10-21-16-13-5-7-17-8-6-14(13)18-15(19-16)12-3-4-12/h11-12,17H,3-10H2,1-2H3. The Labute approximate surface area is 126 Å². The van der Waals surface area contributed by atoms with E-state index in [-0.39, 0.29) is 6.10 Å². The van der Waals surface area contributed by atoms with Gasteiger partial charge in [-0.2, -0.15) is 4.98 Å². The van der Waals surface area contributed by atoms with E-state index in [0.717, 1.165) is 37.6 Å². The molecule has 1 aliphatic heterocycles. The van der Waals surface area contributed by atoms with E-state index in [1.54, 1.807) is 0 Å². The molecule has 1 saturated carbocycles. The van der Waals surface area contributed by atoms with Gasteiger partial charge in [0.05, 0.1) is 18.4 Å². The number of aromatic nitrogens is 2. The second kappa shape index (κ2) is 6.71. The summed E-state index contributed by atoms with van der Waals surface area (Å²) in [6, 6.07) is 0. The first-order valence-corrected chi connectivity index (χ1v) is 8.09. The van der Waals surface area contributed by atoms with Crippen molar-refractivity contribution in [1.29, 1.82) is 0 Å². The lowest BCUT2D eigenvalue weighted by Gasteiger charge is -2.14. The number of ether oxygens (including phenoxy) is 2. The van der Waals surface area contributed by atoms with Crippen LogP contribution < -0.4 is 10.1 Å². The van der Waals surface area contributed by atoms with Crippen LogP contribution in [0, 0.1) is 0 Å². The van der Waals surface area contributed by atoms with Gasteiger partial charge in [0.15, 0.2) is 0 Å². The fraction of sp³-hybridized carbons (Fsp3) is 0.750. The smallest absolute Gasteiger partial charge is 0.220 e. The van der Waals surface area contributed by atoms with Crippen molar-refractivity contribution in [1.82, 2.24) is 15.3 Å². The van der Waals surface area contributed by atoms with Crippen LogP contribution in [-0.4, -0.2) is 42.4 Å². The molecule has 3 rings (SSSR count). The lowest BCUT2D eigenvalue weighted by atomic mass is 10.1. The van der Waals surface area contributed by atoms with E-state index in [9.17, 15) is 0 Å². The van der Waals surface area contributed by atoms with Gasteiger partial charge in [-0.3, -0.25) is 0 Å². The first-order valence-electron chi connectivity index (χ1n) is 8.09. The molecular weight excluding hydrogens is 266 g/mol. The number of fused-ring (bicyclic) bond motifs is 1. The molecule has 0 spiro atoms. The molecule has 0 unspecified atom stereocenters. The van der Waals surface area contributed by atoms with Gasteiger partial charge >= 0.3 is 0 Å². The molecule has 1 aromatic heterocycles. The molecule has 1 aromatic rings. The van der Waals surface area contributed by atoms with Gasteiger partial charge in [-0.25, -0.2) is 4.98 Å². The molecule has 0 amide bonds. The Morgan fingerprint density at radius 1 is 1.14 bits per heavy atom. The van der Waals surface area contributed by atoms with Gasteiger partial charge in [-0.1, -0.05) is 0 Å². The molecular formula is C16H25N3O2. The highest BCUT2D eigenvalue weighted by molar-refractivity contribution is 5.34. The Morgan fingerprint density at radius 2 is 1.95 bits per heavy atom. The number of hydrogen-bond donors (Lipinski definition) is 1. The lowest BCUT2D eigenvalue weighted by Crippen LogP contribution is -2.16. The van der Waals surface area contributed by atoms with Crippen molar-refractivity contribution in [3.8, 4) is 5.88 Å². The summed E-state index contributed by atoms with van der Waals surface area (Å²) in [5.41, 5.74) is 2.37. The quantitative estimate of drug-likeness (QED) is 0.811. The van der Waals surface area contributed by atoms with Crippen LogP contribution in [-0.2, 0) is 17.6 Å². The number of nitrogens with one attached hydrogen (secondary N) is 1. The molecule has 21 heavy (non-hydrogen) atoms. The maximum absolute atomic E-state index is 5.93. The van der Waals surface area contributed by atoms with E-state index in [1.807, 2.05) is 13.8 Å². The average molecular weight is 291 g/mol. The molecule has 5 nitrogen and oxygen atoms in total. The van der Waals surface area contributed by atoms with Gasteiger partial charge in [-0.05, 0) is 39.7 Å². The van der Waals surface area contributed by atoms with Gasteiger partial charge in [-0.15, -0.1) is 0 Å². The van der Waals surface area contributed by atoms with Crippen LogP contribution in [0.15, 0.2) is 0 Å². The summed E-state index contributed by atoms with van der Waals surface area (Å²) >= 11 is 0. The van der Waals surface area contributed by atoms with E-state index >= 15 is 0 Å². The summed E-state index contributed by atoms with van der Waals surface area (Å²) in [5.74, 6) is 2.33. The Balaban J connectivity index is 1.74. The summed E-state index contributed by atoms with van der Waals surface area (Å²) in [6.45, 7) is 7.19. The zero-order valence-corrected chi connectivity index (χ0v) is 13.0. The third-order valence-corrected chi connectivity index (χ3v) is 3.88. The van der Waals surface area contributed by atoms with Crippen molar-refractivity contribution in [2.24, 2.45) is 0 Å². The molecule has 0 bridgehead atoms. The van der Waals surface area contributed by atoms with Crippen LogP contribution in [0.3, 0.4) is 0 Å². The van der Waals surface area contributed by atoms with Crippen molar-refractivity contribution < 1.29 is 9.47 Å². The van der Waals surface area contributed by atoms with Gasteiger partial charge < -0.3 is 14.8 Å². The van der Waals surface area contributed by atoms with Crippen LogP contribution in [0.2, 0.25) is 0 Å². The van der Waals surface area contributed by atoms with Gasteiger partial charge in [0.25, 0.3) is 0 Å². The first-order chi connectivity index (χ1) is 10.2. The van der Waals surface area contributed by atoms with E-state index in [2.05, 4.69) is 10.3 Å². The normalized spacial score (nSPS) is 18.4. The number of nitrogens with zero attached hydrogens (tertiary/aromatic N) is 2. The molecule has 1 aliphatic carbocycles. The van der Waals surface area contributed by atoms with E-state index < -0.39 is 0 Å². The molecule has 5 heteroatoms. The second-order valence-electron chi connectivity index (χ2n) is 6.10. The van der Waals surface area contributed by atoms with E-state index in [0.29, 0.717) is 19.1 Å².